The molecule has 0 unspecified atom stereocenters. The molecule has 0 radical (unpaired) electrons. The maximum atomic E-state index is 14.3. The lowest BCUT2D eigenvalue weighted by atomic mass is 9.96. The van der Waals surface area contributed by atoms with Crippen molar-refractivity contribution < 1.29 is 31.1 Å². The second-order valence-electron chi connectivity index (χ2n) is 10.2. The average Bonchev–Trinajstić information content (AvgIpc) is 3.56. The minimum Gasteiger partial charge on any atom is -0.340 e. The molecule has 1 aliphatic heterocycles. The second kappa shape index (κ2) is 11.0. The molecular weight excluding hydrogens is 560 g/mol. The Bertz CT molecular complexity index is 1600. The Morgan fingerprint density at radius 1 is 1.07 bits per heavy atom. The minimum atomic E-state index is -5.25. The zero-order chi connectivity index (χ0) is 30.2. The maximum Gasteiger partial charge on any atom is 0.433 e. The standard InChI is InChI=1S/C30H23F6N5O/c1-18-6-4-9-21(14-18)40(13-5-8-20-7-2-3-12-38-20)28(42)26-19-10-11-22(15-19)41(26)27-23(17-37)24(29(31,32)33)16-25(39-27)30(34,35)36/h2-4,6-7,9,12,14,16,19,22,26H,10-11,13,15H2,1H3/t19-,22+,26-/m0/s1. The fraction of sp³-hybridized carbons (Fsp3) is 0.333. The molecule has 2 aliphatic rings. The summed E-state index contributed by atoms with van der Waals surface area (Å²) in [6.07, 6.45) is -7.56. The summed E-state index contributed by atoms with van der Waals surface area (Å²) in [5.41, 5.74) is -2.82. The topological polar surface area (TPSA) is 73.1 Å². The predicted octanol–water partition coefficient (Wildman–Crippen LogP) is 6.14. The number of aromatic nitrogens is 2. The predicted molar refractivity (Wildman–Crippen MR) is 141 cm³/mol. The first-order chi connectivity index (χ1) is 19.9. The van der Waals surface area contributed by atoms with Crippen LogP contribution in [-0.2, 0) is 17.1 Å². The number of carbonyl (C=O) groups excluding carboxylic acids is 1. The summed E-state index contributed by atoms with van der Waals surface area (Å²) in [5, 5.41) is 9.74. The van der Waals surface area contributed by atoms with Crippen molar-refractivity contribution in [1.82, 2.24) is 9.97 Å². The highest BCUT2D eigenvalue weighted by Gasteiger charge is 2.53. The lowest BCUT2D eigenvalue weighted by Gasteiger charge is -2.38. The van der Waals surface area contributed by atoms with Crippen LogP contribution in [0.3, 0.4) is 0 Å². The Hall–Kier alpha value is -4.58. The molecule has 216 valence electrons. The van der Waals surface area contributed by atoms with Crippen LogP contribution in [0.25, 0.3) is 0 Å². The number of hydrogen-bond acceptors (Lipinski definition) is 5. The molecule has 2 aromatic heterocycles. The Labute approximate surface area is 237 Å². The third-order valence-electron chi connectivity index (χ3n) is 7.49. The van der Waals surface area contributed by atoms with Gasteiger partial charge in [-0.15, -0.1) is 0 Å². The van der Waals surface area contributed by atoms with E-state index in [0.29, 0.717) is 30.6 Å². The van der Waals surface area contributed by atoms with E-state index in [2.05, 4.69) is 21.8 Å². The molecular formula is C30H23F6N5O. The van der Waals surface area contributed by atoms with Gasteiger partial charge in [0.1, 0.15) is 34.9 Å². The third-order valence-corrected chi connectivity index (χ3v) is 7.49. The number of nitrogens with zero attached hydrogens (tertiary/aromatic N) is 5. The molecule has 3 aromatic rings. The number of amides is 1. The van der Waals surface area contributed by atoms with Crippen molar-refractivity contribution in [2.45, 2.75) is 50.6 Å². The number of piperidine rings is 1. The Kier molecular flexibility index (Phi) is 7.58. The molecule has 1 amide bonds. The van der Waals surface area contributed by atoms with Gasteiger partial charge in [0.05, 0.1) is 12.1 Å². The lowest BCUT2D eigenvalue weighted by molar-refractivity contribution is -0.145. The molecule has 0 N–H and O–H groups in total. The monoisotopic (exact) mass is 583 g/mol. The summed E-state index contributed by atoms with van der Waals surface area (Å²) in [7, 11) is 0. The molecule has 3 heterocycles. The largest absolute Gasteiger partial charge is 0.433 e. The van der Waals surface area contributed by atoms with Crippen LogP contribution in [-0.4, -0.2) is 34.5 Å². The van der Waals surface area contributed by atoms with Crippen molar-refractivity contribution in [3.63, 3.8) is 0 Å². The Morgan fingerprint density at radius 2 is 1.86 bits per heavy atom. The number of benzene rings is 1. The van der Waals surface area contributed by atoms with Gasteiger partial charge in [-0.25, -0.2) is 9.97 Å². The van der Waals surface area contributed by atoms with Gasteiger partial charge in [0, 0.05) is 17.9 Å². The molecule has 12 heteroatoms. The van der Waals surface area contributed by atoms with Crippen molar-refractivity contribution in [1.29, 1.82) is 5.26 Å². The van der Waals surface area contributed by atoms with Crippen LogP contribution < -0.4 is 9.80 Å². The van der Waals surface area contributed by atoms with E-state index >= 15 is 0 Å². The number of alkyl halides is 6. The molecule has 2 fully saturated rings. The first kappa shape index (κ1) is 28.9. The van der Waals surface area contributed by atoms with Gasteiger partial charge in [-0.2, -0.15) is 31.6 Å². The third kappa shape index (κ3) is 5.62. The van der Waals surface area contributed by atoms with E-state index in [1.807, 2.05) is 13.0 Å². The normalized spacial score (nSPS) is 19.7. The number of hydrogen-bond donors (Lipinski definition) is 0. The molecule has 42 heavy (non-hydrogen) atoms. The molecule has 5 rings (SSSR count). The first-order valence-electron chi connectivity index (χ1n) is 13.0. The fourth-order valence-electron chi connectivity index (χ4n) is 5.71. The number of aryl methyl sites for hydroxylation is 1. The summed E-state index contributed by atoms with van der Waals surface area (Å²) < 4.78 is 83.0. The van der Waals surface area contributed by atoms with E-state index in [0.717, 1.165) is 5.56 Å². The van der Waals surface area contributed by atoms with Gasteiger partial charge >= 0.3 is 12.4 Å². The van der Waals surface area contributed by atoms with E-state index in [9.17, 15) is 36.4 Å². The highest BCUT2D eigenvalue weighted by atomic mass is 19.4. The fourth-order valence-corrected chi connectivity index (χ4v) is 5.71. The first-order valence-corrected chi connectivity index (χ1v) is 13.0. The minimum absolute atomic E-state index is 0.116. The van der Waals surface area contributed by atoms with Crippen LogP contribution in [0.2, 0.25) is 0 Å². The van der Waals surface area contributed by atoms with Gasteiger partial charge < -0.3 is 4.90 Å². The number of carbonyl (C=O) groups is 1. The highest BCUT2D eigenvalue weighted by Crippen LogP contribution is 2.48. The summed E-state index contributed by atoms with van der Waals surface area (Å²) >= 11 is 0. The van der Waals surface area contributed by atoms with Crippen molar-refractivity contribution in [2.75, 3.05) is 16.3 Å². The summed E-state index contributed by atoms with van der Waals surface area (Å²) in [4.78, 5) is 24.5. The SMILES string of the molecule is Cc1cccc(N(CC#Cc2ccccn2)C(=O)[C@@H]2[C@H]3CC[C@H](C3)N2c2nc(C(F)(F)F)cc(C(F)(F)F)c2C#N)c1. The smallest absolute Gasteiger partial charge is 0.340 e. The second-order valence-corrected chi connectivity index (χ2v) is 10.2. The lowest BCUT2D eigenvalue weighted by Crippen LogP contribution is -2.53. The molecule has 1 saturated carbocycles. The van der Waals surface area contributed by atoms with E-state index in [4.69, 9.17) is 0 Å². The molecule has 0 spiro atoms. The highest BCUT2D eigenvalue weighted by molar-refractivity contribution is 6.00. The number of pyridine rings is 2. The van der Waals surface area contributed by atoms with E-state index < -0.39 is 53.0 Å². The molecule has 2 bridgehead atoms. The zero-order valence-corrected chi connectivity index (χ0v) is 22.2. The summed E-state index contributed by atoms with van der Waals surface area (Å²) in [5.74, 6) is 4.08. The van der Waals surface area contributed by atoms with Crippen molar-refractivity contribution in [2.24, 2.45) is 5.92 Å². The molecule has 1 aromatic carbocycles. The Morgan fingerprint density at radius 3 is 2.50 bits per heavy atom. The Balaban J connectivity index is 1.61. The van der Waals surface area contributed by atoms with Gasteiger partial charge in [0.15, 0.2) is 0 Å². The van der Waals surface area contributed by atoms with E-state index in [1.54, 1.807) is 42.6 Å². The van der Waals surface area contributed by atoms with Gasteiger partial charge in [-0.05, 0) is 73.9 Å². The van der Waals surface area contributed by atoms with Crippen LogP contribution in [0.1, 0.15) is 47.3 Å². The van der Waals surface area contributed by atoms with E-state index in [1.165, 1.54) is 15.9 Å². The molecule has 1 saturated heterocycles. The average molecular weight is 584 g/mol. The number of rotatable bonds is 4. The van der Waals surface area contributed by atoms with Crippen LogP contribution in [0.5, 0.6) is 0 Å². The quantitative estimate of drug-likeness (QED) is 0.273. The van der Waals surface area contributed by atoms with Gasteiger partial charge in [-0.1, -0.05) is 24.1 Å². The van der Waals surface area contributed by atoms with Crippen molar-refractivity contribution in [3.05, 3.63) is 82.8 Å². The van der Waals surface area contributed by atoms with Crippen molar-refractivity contribution in [3.8, 4) is 17.9 Å². The molecule has 3 atom stereocenters. The van der Waals surface area contributed by atoms with Gasteiger partial charge in [0.2, 0.25) is 0 Å². The zero-order valence-electron chi connectivity index (χ0n) is 22.2. The molecule has 1 aliphatic carbocycles. The van der Waals surface area contributed by atoms with Crippen molar-refractivity contribution >= 4 is 17.4 Å². The number of halogens is 6. The van der Waals surface area contributed by atoms with Crippen LogP contribution in [0.4, 0.5) is 37.8 Å². The van der Waals surface area contributed by atoms with Gasteiger partial charge in [0.25, 0.3) is 5.91 Å². The van der Waals surface area contributed by atoms with E-state index in [-0.39, 0.29) is 18.5 Å². The molecule has 6 nitrogen and oxygen atoms in total. The van der Waals surface area contributed by atoms with Crippen LogP contribution in [0, 0.1) is 36.0 Å². The summed E-state index contributed by atoms with van der Waals surface area (Å²) in [6, 6.07) is 11.7. The number of fused-ring (bicyclic) bond motifs is 2. The summed E-state index contributed by atoms with van der Waals surface area (Å²) in [6.45, 7) is 1.70. The maximum absolute atomic E-state index is 14.3. The van der Waals surface area contributed by atoms with Gasteiger partial charge in [-0.3, -0.25) is 9.69 Å². The number of anilines is 2. The van der Waals surface area contributed by atoms with Crippen LogP contribution in [0.15, 0.2) is 54.7 Å². The van der Waals surface area contributed by atoms with Crippen LogP contribution >= 0.6 is 0 Å². The number of nitriles is 1.